The molecule has 146 valence electrons. The van der Waals surface area contributed by atoms with Crippen LogP contribution in [0.5, 0.6) is 0 Å². The summed E-state index contributed by atoms with van der Waals surface area (Å²) in [5.41, 5.74) is 0. The molecule has 0 bridgehead atoms. The molecule has 0 radical (unpaired) electrons. The van der Waals surface area contributed by atoms with E-state index in [1.54, 1.807) is 0 Å². The van der Waals surface area contributed by atoms with E-state index >= 15 is 0 Å². The van der Waals surface area contributed by atoms with Gasteiger partial charge in [0.2, 0.25) is 0 Å². The number of halogens is 6. The van der Waals surface area contributed by atoms with Crippen LogP contribution in [0.4, 0.5) is 25.2 Å². The molecule has 2 rings (SSSR count). The number of hydrogen-bond donors (Lipinski definition) is 0. The van der Waals surface area contributed by atoms with Gasteiger partial charge in [-0.2, -0.15) is 5.10 Å². The molecule has 2 heterocycles. The van der Waals surface area contributed by atoms with Gasteiger partial charge >= 0.3 is 33.0 Å². The molecule has 0 atom stereocenters. The normalized spacial score (nSPS) is 14.4. The van der Waals surface area contributed by atoms with E-state index in [0.29, 0.717) is 0 Å². The molecule has 11 heteroatoms. The molecular formula is C14H23F6N4P. The van der Waals surface area contributed by atoms with E-state index in [4.69, 9.17) is 0 Å². The minimum atomic E-state index is -10.7. The van der Waals surface area contributed by atoms with E-state index in [2.05, 4.69) is 40.5 Å². The van der Waals surface area contributed by atoms with Crippen molar-refractivity contribution < 1.29 is 29.7 Å². The predicted octanol–water partition coefficient (Wildman–Crippen LogP) is 5.75. The van der Waals surface area contributed by atoms with Crippen molar-refractivity contribution in [3.8, 4) is 0 Å². The molecule has 0 aliphatic heterocycles. The Hall–Kier alpha value is -1.57. The third-order valence-corrected chi connectivity index (χ3v) is 3.37. The van der Waals surface area contributed by atoms with Gasteiger partial charge in [-0.1, -0.05) is 19.8 Å². The van der Waals surface area contributed by atoms with E-state index < -0.39 is 7.81 Å². The second-order valence-corrected chi connectivity index (χ2v) is 7.63. The van der Waals surface area contributed by atoms with Crippen LogP contribution in [-0.4, -0.2) is 14.3 Å². The summed E-state index contributed by atoms with van der Waals surface area (Å²) >= 11 is 0. The van der Waals surface area contributed by atoms with Crippen molar-refractivity contribution in [2.45, 2.75) is 52.7 Å². The molecule has 0 aromatic carbocycles. The molecule has 2 aromatic rings. The van der Waals surface area contributed by atoms with Crippen molar-refractivity contribution in [1.29, 1.82) is 0 Å². The van der Waals surface area contributed by atoms with Crippen molar-refractivity contribution in [1.82, 2.24) is 14.3 Å². The summed E-state index contributed by atoms with van der Waals surface area (Å²) < 4.78 is 65.7. The quantitative estimate of drug-likeness (QED) is 0.255. The number of nitrogens with zero attached hydrogens (tertiary/aromatic N) is 4. The molecule has 0 spiro atoms. The van der Waals surface area contributed by atoms with Crippen LogP contribution >= 0.6 is 7.81 Å². The van der Waals surface area contributed by atoms with Crippen molar-refractivity contribution in [3.63, 3.8) is 0 Å². The average Bonchev–Trinajstić information content (AvgIpc) is 3.04. The van der Waals surface area contributed by atoms with Crippen molar-refractivity contribution >= 4 is 7.81 Å². The second kappa shape index (κ2) is 7.35. The summed E-state index contributed by atoms with van der Waals surface area (Å²) in [6.07, 6.45) is 13.3. The van der Waals surface area contributed by atoms with Gasteiger partial charge < -0.3 is 0 Å². The third kappa shape index (κ3) is 11.6. The van der Waals surface area contributed by atoms with E-state index in [1.807, 2.05) is 23.1 Å². The Kier molecular flexibility index (Phi) is 6.32. The Morgan fingerprint density at radius 3 is 2.20 bits per heavy atom. The average molecular weight is 392 g/mol. The van der Waals surface area contributed by atoms with Gasteiger partial charge in [-0.05, 0) is 18.9 Å². The fourth-order valence-electron chi connectivity index (χ4n) is 2.18. The van der Waals surface area contributed by atoms with Crippen LogP contribution in [0.3, 0.4) is 0 Å². The van der Waals surface area contributed by atoms with Gasteiger partial charge in [0, 0.05) is 19.3 Å². The Bertz CT molecular complexity index is 637. The van der Waals surface area contributed by atoms with Crippen molar-refractivity contribution in [2.75, 3.05) is 0 Å². The predicted molar refractivity (Wildman–Crippen MR) is 84.7 cm³/mol. The van der Waals surface area contributed by atoms with Gasteiger partial charge in [0.15, 0.2) is 6.67 Å². The van der Waals surface area contributed by atoms with Gasteiger partial charge in [-0.3, -0.25) is 0 Å². The molecule has 2 aromatic heterocycles. The summed E-state index contributed by atoms with van der Waals surface area (Å²) in [5.74, 6) is 1.29. The van der Waals surface area contributed by atoms with Crippen LogP contribution < -0.4 is 4.57 Å². The van der Waals surface area contributed by atoms with E-state index in [9.17, 15) is 25.2 Å². The third-order valence-electron chi connectivity index (χ3n) is 3.37. The van der Waals surface area contributed by atoms with Crippen LogP contribution in [0.1, 0.15) is 38.4 Å². The van der Waals surface area contributed by atoms with Gasteiger partial charge in [0.25, 0.3) is 5.82 Å². The number of aryl methyl sites for hydroxylation is 1. The maximum absolute atomic E-state index is 10.7. The zero-order valence-electron chi connectivity index (χ0n) is 14.1. The molecule has 0 fully saturated rings. The summed E-state index contributed by atoms with van der Waals surface area (Å²) in [6, 6.07) is 1.96. The monoisotopic (exact) mass is 392 g/mol. The van der Waals surface area contributed by atoms with Crippen LogP contribution in [-0.2, 0) is 13.2 Å². The number of unbranched alkanes of at least 4 members (excludes halogenated alkanes) is 3. The Balaban J connectivity index is 0.000000381. The van der Waals surface area contributed by atoms with Gasteiger partial charge in [0.05, 0.1) is 6.54 Å². The SMILES string of the molecule is CCCCCCn1cc[n+](Cn2cccn2)c1C.F[P-](F)(F)(F)(F)F. The van der Waals surface area contributed by atoms with Gasteiger partial charge in [-0.25, -0.2) is 13.8 Å². The zero-order valence-corrected chi connectivity index (χ0v) is 15.0. The molecular weight excluding hydrogens is 369 g/mol. The van der Waals surface area contributed by atoms with Crippen molar-refractivity contribution in [3.05, 3.63) is 36.7 Å². The molecule has 0 saturated carbocycles. The summed E-state index contributed by atoms with van der Waals surface area (Å²) in [6.45, 7) is 6.33. The first-order valence-electron chi connectivity index (χ1n) is 7.85. The van der Waals surface area contributed by atoms with Crippen LogP contribution in [0.15, 0.2) is 30.9 Å². The first-order valence-corrected chi connectivity index (χ1v) is 9.88. The van der Waals surface area contributed by atoms with E-state index in [-0.39, 0.29) is 0 Å². The zero-order chi connectivity index (χ0) is 19.2. The number of aromatic nitrogens is 4. The first kappa shape index (κ1) is 21.5. The van der Waals surface area contributed by atoms with E-state index in [1.165, 1.54) is 31.5 Å². The molecule has 0 aliphatic rings. The van der Waals surface area contributed by atoms with Crippen molar-refractivity contribution in [2.24, 2.45) is 0 Å². The Morgan fingerprint density at radius 2 is 1.68 bits per heavy atom. The van der Waals surface area contributed by atoms with Crippen LogP contribution in [0, 0.1) is 6.92 Å². The fourth-order valence-corrected chi connectivity index (χ4v) is 2.18. The summed E-state index contributed by atoms with van der Waals surface area (Å²) in [7, 11) is -10.7. The van der Waals surface area contributed by atoms with Crippen LogP contribution in [0.25, 0.3) is 0 Å². The summed E-state index contributed by atoms with van der Waals surface area (Å²) in [5, 5.41) is 4.23. The molecule has 0 amide bonds. The topological polar surface area (TPSA) is 26.6 Å². The Morgan fingerprint density at radius 1 is 1.04 bits per heavy atom. The number of hydrogen-bond acceptors (Lipinski definition) is 1. The van der Waals surface area contributed by atoms with Gasteiger partial charge in [-0.15, -0.1) is 0 Å². The molecule has 0 saturated heterocycles. The minimum absolute atomic E-state index is 0.792. The molecule has 0 unspecified atom stereocenters. The first-order chi connectivity index (χ1) is 11.3. The fraction of sp³-hybridized carbons (Fsp3) is 0.571. The maximum atomic E-state index is 9.87. The van der Waals surface area contributed by atoms with E-state index in [0.717, 1.165) is 13.2 Å². The summed E-state index contributed by atoms with van der Waals surface area (Å²) in [4.78, 5) is 0. The standard InChI is InChI=1S/C14H23N4.F6P/c1-3-4-5-6-9-16-11-12-17(14(16)2)13-18-10-7-8-15-18;1-7(2,3,4,5)6/h7-8,10-12H,3-6,9,13H2,1-2H3;/q+1;-1. The molecule has 0 N–H and O–H groups in total. The second-order valence-electron chi connectivity index (χ2n) is 5.71. The molecule has 0 aliphatic carbocycles. The van der Waals surface area contributed by atoms with Crippen LogP contribution in [0.2, 0.25) is 0 Å². The Labute approximate surface area is 142 Å². The number of rotatable bonds is 7. The molecule has 25 heavy (non-hydrogen) atoms. The van der Waals surface area contributed by atoms with Gasteiger partial charge in [0.1, 0.15) is 12.4 Å². The number of imidazole rings is 1. The molecule has 4 nitrogen and oxygen atoms in total.